The van der Waals surface area contributed by atoms with Gasteiger partial charge in [0.05, 0.1) is 13.2 Å². The number of fused-ring (bicyclic) bond motifs is 5. The van der Waals surface area contributed by atoms with Gasteiger partial charge in [-0.1, -0.05) is 13.0 Å². The molecule has 4 aliphatic rings. The van der Waals surface area contributed by atoms with Crippen molar-refractivity contribution in [3.63, 3.8) is 0 Å². The molecule has 2 saturated carbocycles. The Kier molecular flexibility index (Phi) is 1.52. The maximum atomic E-state index is 11.8. The van der Waals surface area contributed by atoms with Crippen LogP contribution in [0.5, 0.6) is 0 Å². The molecule has 4 rings (SSSR count). The van der Waals surface area contributed by atoms with Crippen molar-refractivity contribution in [2.75, 3.05) is 13.2 Å². The van der Waals surface area contributed by atoms with E-state index in [-0.39, 0.29) is 17.1 Å². The molecule has 16 heavy (non-hydrogen) atoms. The number of hydrogen-bond donors (Lipinski definition) is 0. The average Bonchev–Trinajstić information content (AvgIpc) is 2.87. The number of carbonyl (C=O) groups excluding carboxylic acids is 1. The Balaban J connectivity index is 1.76. The molecule has 0 aromatic heterocycles. The Labute approximate surface area is 94.8 Å². The minimum absolute atomic E-state index is 0.00257. The van der Waals surface area contributed by atoms with Crippen LogP contribution in [0.15, 0.2) is 12.2 Å². The third-order valence-electron chi connectivity index (χ3n) is 5.19. The lowest BCUT2D eigenvalue weighted by atomic mass is 9.49. The zero-order valence-electron chi connectivity index (χ0n) is 9.44. The first-order valence-electron chi connectivity index (χ1n) is 6.18. The van der Waals surface area contributed by atoms with E-state index in [9.17, 15) is 4.79 Å². The summed E-state index contributed by atoms with van der Waals surface area (Å²) in [5.74, 6) is 1.06. The molecular formula is C13H16O3. The zero-order chi connectivity index (χ0) is 11.0. The molecule has 3 heteroatoms. The normalized spacial score (nSPS) is 51.8. The monoisotopic (exact) mass is 220 g/mol. The molecule has 1 spiro atoms. The van der Waals surface area contributed by atoms with Gasteiger partial charge in [0.1, 0.15) is 0 Å². The molecule has 0 aromatic rings. The van der Waals surface area contributed by atoms with Gasteiger partial charge in [-0.05, 0) is 18.4 Å². The molecule has 3 nitrogen and oxygen atoms in total. The average molecular weight is 220 g/mol. The fourth-order valence-electron chi connectivity index (χ4n) is 4.73. The van der Waals surface area contributed by atoms with E-state index in [4.69, 9.17) is 9.47 Å². The first kappa shape index (κ1) is 9.37. The van der Waals surface area contributed by atoms with Gasteiger partial charge in [0.25, 0.3) is 0 Å². The summed E-state index contributed by atoms with van der Waals surface area (Å²) >= 11 is 0. The highest BCUT2D eigenvalue weighted by molar-refractivity contribution is 5.97. The third kappa shape index (κ3) is 0.800. The Hall–Kier alpha value is -0.670. The van der Waals surface area contributed by atoms with Crippen LogP contribution in [-0.4, -0.2) is 24.8 Å². The largest absolute Gasteiger partial charge is 0.347 e. The van der Waals surface area contributed by atoms with Crippen LogP contribution in [0.2, 0.25) is 0 Å². The molecule has 1 saturated heterocycles. The maximum absolute atomic E-state index is 11.8. The van der Waals surface area contributed by atoms with Crippen molar-refractivity contribution >= 4 is 5.78 Å². The Morgan fingerprint density at radius 1 is 1.38 bits per heavy atom. The second-order valence-corrected chi connectivity index (χ2v) is 5.77. The number of rotatable bonds is 0. The molecule has 0 amide bonds. The molecule has 1 aliphatic heterocycles. The van der Waals surface area contributed by atoms with E-state index in [2.05, 4.69) is 13.0 Å². The number of hydrogen-bond acceptors (Lipinski definition) is 3. The lowest BCUT2D eigenvalue weighted by molar-refractivity contribution is -0.243. The summed E-state index contributed by atoms with van der Waals surface area (Å²) in [6.45, 7) is 3.61. The Morgan fingerprint density at radius 3 is 2.88 bits per heavy atom. The summed E-state index contributed by atoms with van der Waals surface area (Å²) in [6, 6.07) is 0. The van der Waals surface area contributed by atoms with Crippen molar-refractivity contribution in [2.45, 2.75) is 25.6 Å². The van der Waals surface area contributed by atoms with Gasteiger partial charge in [-0.2, -0.15) is 0 Å². The number of carbonyl (C=O) groups is 1. The number of ketones is 1. The highest BCUT2D eigenvalue weighted by Gasteiger charge is 2.73. The van der Waals surface area contributed by atoms with Crippen LogP contribution < -0.4 is 0 Å². The van der Waals surface area contributed by atoms with Crippen molar-refractivity contribution in [1.29, 1.82) is 0 Å². The van der Waals surface area contributed by atoms with Gasteiger partial charge in [0.2, 0.25) is 0 Å². The van der Waals surface area contributed by atoms with E-state index in [1.807, 2.05) is 0 Å². The van der Waals surface area contributed by atoms with Gasteiger partial charge in [0, 0.05) is 23.7 Å². The van der Waals surface area contributed by atoms with Crippen LogP contribution >= 0.6 is 0 Å². The van der Waals surface area contributed by atoms with E-state index in [0.717, 1.165) is 12.8 Å². The van der Waals surface area contributed by atoms with Crippen molar-refractivity contribution in [2.24, 2.45) is 23.2 Å². The predicted octanol–water partition coefficient (Wildman–Crippen LogP) is 1.53. The summed E-state index contributed by atoms with van der Waals surface area (Å²) in [7, 11) is 0. The van der Waals surface area contributed by atoms with Gasteiger partial charge >= 0.3 is 0 Å². The van der Waals surface area contributed by atoms with E-state index in [1.165, 1.54) is 0 Å². The molecule has 86 valence electrons. The standard InChI is InChI=1S/C13H16O3/c1-12-4-3-9(14)10(12)8-2-5-13(11(8)12)15-6-7-16-13/h3-4,8,10-11H,2,5-7H2,1H3/t8-,10+,11-,12-/m1/s1. The topological polar surface area (TPSA) is 35.5 Å². The van der Waals surface area contributed by atoms with E-state index in [0.29, 0.717) is 30.8 Å². The first-order chi connectivity index (χ1) is 7.67. The molecule has 0 bridgehead atoms. The lowest BCUT2D eigenvalue weighted by Crippen LogP contribution is -2.59. The quantitative estimate of drug-likeness (QED) is 0.621. The highest BCUT2D eigenvalue weighted by Crippen LogP contribution is 2.70. The second kappa shape index (κ2) is 2.59. The summed E-state index contributed by atoms with van der Waals surface area (Å²) in [5.41, 5.74) is 0.00257. The minimum atomic E-state index is -0.356. The predicted molar refractivity (Wildman–Crippen MR) is 56.6 cm³/mol. The van der Waals surface area contributed by atoms with E-state index >= 15 is 0 Å². The molecule has 0 unspecified atom stereocenters. The SMILES string of the molecule is C[C@@]12C=CC(=O)[C@@H]1[C@H]1CCC3(OCCO3)[C@H]12. The molecule has 3 aliphatic carbocycles. The molecule has 0 radical (unpaired) electrons. The minimum Gasteiger partial charge on any atom is -0.347 e. The van der Waals surface area contributed by atoms with Gasteiger partial charge in [-0.25, -0.2) is 0 Å². The van der Waals surface area contributed by atoms with Crippen LogP contribution in [-0.2, 0) is 14.3 Å². The molecule has 0 aromatic carbocycles. The summed E-state index contributed by atoms with van der Waals surface area (Å²) < 4.78 is 11.8. The van der Waals surface area contributed by atoms with Crippen molar-refractivity contribution in [1.82, 2.24) is 0 Å². The van der Waals surface area contributed by atoms with Gasteiger partial charge in [-0.15, -0.1) is 0 Å². The lowest BCUT2D eigenvalue weighted by Gasteiger charge is -2.56. The van der Waals surface area contributed by atoms with Crippen molar-refractivity contribution in [3.05, 3.63) is 12.2 Å². The highest BCUT2D eigenvalue weighted by atomic mass is 16.7. The van der Waals surface area contributed by atoms with Crippen LogP contribution in [0.1, 0.15) is 19.8 Å². The van der Waals surface area contributed by atoms with Gasteiger partial charge in [0.15, 0.2) is 11.6 Å². The fraction of sp³-hybridized carbons (Fsp3) is 0.769. The Bertz CT molecular complexity index is 394. The van der Waals surface area contributed by atoms with Gasteiger partial charge < -0.3 is 9.47 Å². The second-order valence-electron chi connectivity index (χ2n) is 5.77. The van der Waals surface area contributed by atoms with Crippen LogP contribution in [0.25, 0.3) is 0 Å². The molecule has 4 atom stereocenters. The number of allylic oxidation sites excluding steroid dienone is 2. The van der Waals surface area contributed by atoms with Crippen LogP contribution in [0, 0.1) is 23.2 Å². The van der Waals surface area contributed by atoms with Crippen LogP contribution in [0.3, 0.4) is 0 Å². The molecule has 0 N–H and O–H groups in total. The summed E-state index contributed by atoms with van der Waals surface area (Å²) in [4.78, 5) is 11.8. The first-order valence-corrected chi connectivity index (χ1v) is 6.18. The maximum Gasteiger partial charge on any atom is 0.172 e. The van der Waals surface area contributed by atoms with Crippen molar-refractivity contribution in [3.8, 4) is 0 Å². The van der Waals surface area contributed by atoms with Gasteiger partial charge in [-0.3, -0.25) is 4.79 Å². The number of ether oxygens (including phenoxy) is 2. The molecule has 3 fully saturated rings. The zero-order valence-corrected chi connectivity index (χ0v) is 9.44. The molecular weight excluding hydrogens is 204 g/mol. The Morgan fingerprint density at radius 2 is 2.12 bits per heavy atom. The van der Waals surface area contributed by atoms with E-state index < -0.39 is 0 Å². The van der Waals surface area contributed by atoms with Crippen LogP contribution in [0.4, 0.5) is 0 Å². The fourth-order valence-corrected chi connectivity index (χ4v) is 4.73. The van der Waals surface area contributed by atoms with Crippen molar-refractivity contribution < 1.29 is 14.3 Å². The summed E-state index contributed by atoms with van der Waals surface area (Å²) in [6.07, 6.45) is 5.92. The third-order valence-corrected chi connectivity index (χ3v) is 5.19. The van der Waals surface area contributed by atoms with E-state index in [1.54, 1.807) is 6.08 Å². The molecule has 1 heterocycles. The summed E-state index contributed by atoms with van der Waals surface area (Å²) in [5, 5.41) is 0. The smallest absolute Gasteiger partial charge is 0.172 e.